The Balaban J connectivity index is 2.15. The molecule has 1 rings (SSSR count). The molecule has 0 aliphatic carbocycles. The quantitative estimate of drug-likeness (QED) is 0.355. The minimum Gasteiger partial charge on any atom is -0.385 e. The zero-order valence-electron chi connectivity index (χ0n) is 13.7. The second-order valence-electron chi connectivity index (χ2n) is 4.93. The van der Waals surface area contributed by atoms with Gasteiger partial charge in [-0.3, -0.25) is 9.79 Å². The van der Waals surface area contributed by atoms with Crippen LogP contribution in [0.15, 0.2) is 29.3 Å². The molecule has 0 radical (unpaired) electrons. The van der Waals surface area contributed by atoms with Gasteiger partial charge in [0.2, 0.25) is 5.91 Å². The molecule has 0 fully saturated rings. The molecule has 0 bridgehead atoms. The van der Waals surface area contributed by atoms with Crippen molar-refractivity contribution >= 4 is 11.9 Å². The molecule has 0 saturated heterocycles. The van der Waals surface area contributed by atoms with E-state index in [-0.39, 0.29) is 18.1 Å². The molecule has 0 aromatic heterocycles. The molecule has 0 atom stereocenters. The van der Waals surface area contributed by atoms with Gasteiger partial charge in [0.25, 0.3) is 0 Å². The summed E-state index contributed by atoms with van der Waals surface area (Å²) in [5.74, 6) is 0.290. The Kier molecular flexibility index (Phi) is 9.38. The lowest BCUT2D eigenvalue weighted by Crippen LogP contribution is -2.42. The van der Waals surface area contributed by atoms with Crippen LogP contribution in [-0.4, -0.2) is 52.3 Å². The maximum atomic E-state index is 12.8. The number of halogens is 1. The molecule has 0 spiro atoms. The largest absolute Gasteiger partial charge is 0.385 e. The maximum absolute atomic E-state index is 12.8. The van der Waals surface area contributed by atoms with Gasteiger partial charge in [-0.2, -0.15) is 0 Å². The second kappa shape index (κ2) is 11.4. The fourth-order valence-electron chi connectivity index (χ4n) is 1.88. The first kappa shape index (κ1) is 18.9. The molecule has 6 nitrogen and oxygen atoms in total. The highest BCUT2D eigenvalue weighted by Gasteiger charge is 2.03. The summed E-state index contributed by atoms with van der Waals surface area (Å²) in [6.07, 6.45) is 1.13. The predicted octanol–water partition coefficient (Wildman–Crippen LogP) is 0.686. The van der Waals surface area contributed by atoms with Crippen molar-refractivity contribution in [3.63, 3.8) is 0 Å². The van der Waals surface area contributed by atoms with Gasteiger partial charge in [0.1, 0.15) is 5.82 Å². The summed E-state index contributed by atoms with van der Waals surface area (Å²) in [5, 5.41) is 9.06. The average molecular weight is 324 g/mol. The summed E-state index contributed by atoms with van der Waals surface area (Å²) in [7, 11) is 3.36. The van der Waals surface area contributed by atoms with E-state index in [4.69, 9.17) is 4.74 Å². The Hall–Kier alpha value is -2.15. The number of carbonyl (C=O) groups is 1. The average Bonchev–Trinajstić information content (AvgIpc) is 2.55. The highest BCUT2D eigenvalue weighted by Crippen LogP contribution is 2.03. The van der Waals surface area contributed by atoms with Gasteiger partial charge in [0.15, 0.2) is 5.96 Å². The molecule has 0 aliphatic rings. The lowest BCUT2D eigenvalue weighted by atomic mass is 10.1. The number of methoxy groups -OCH3 is 1. The Morgan fingerprint density at radius 2 is 1.78 bits per heavy atom. The van der Waals surface area contributed by atoms with Gasteiger partial charge in [-0.05, 0) is 24.1 Å². The van der Waals surface area contributed by atoms with Gasteiger partial charge in [-0.25, -0.2) is 4.39 Å². The SMILES string of the molecule is CN=C(NCCCOC)NCCNC(=O)Cc1ccc(F)cc1. The number of hydrogen-bond donors (Lipinski definition) is 3. The first-order chi connectivity index (χ1) is 11.2. The smallest absolute Gasteiger partial charge is 0.224 e. The van der Waals surface area contributed by atoms with E-state index in [9.17, 15) is 9.18 Å². The Morgan fingerprint density at radius 1 is 1.13 bits per heavy atom. The summed E-state index contributed by atoms with van der Waals surface area (Å²) in [6.45, 7) is 2.52. The van der Waals surface area contributed by atoms with Gasteiger partial charge in [-0.15, -0.1) is 0 Å². The van der Waals surface area contributed by atoms with E-state index in [0.29, 0.717) is 25.7 Å². The topological polar surface area (TPSA) is 74.8 Å². The van der Waals surface area contributed by atoms with Crippen molar-refractivity contribution in [3.05, 3.63) is 35.6 Å². The predicted molar refractivity (Wildman–Crippen MR) is 89.0 cm³/mol. The molecular formula is C16H25FN4O2. The van der Waals surface area contributed by atoms with E-state index in [0.717, 1.165) is 18.5 Å². The summed E-state index contributed by atoms with van der Waals surface area (Å²) in [6, 6.07) is 5.92. The molecule has 23 heavy (non-hydrogen) atoms. The summed E-state index contributed by atoms with van der Waals surface area (Å²) in [4.78, 5) is 15.8. The van der Waals surface area contributed by atoms with Crippen molar-refractivity contribution in [2.24, 2.45) is 4.99 Å². The second-order valence-corrected chi connectivity index (χ2v) is 4.93. The van der Waals surface area contributed by atoms with Crippen LogP contribution in [0.3, 0.4) is 0 Å². The Labute approximate surface area is 136 Å². The summed E-state index contributed by atoms with van der Waals surface area (Å²) >= 11 is 0. The fraction of sp³-hybridized carbons (Fsp3) is 0.500. The van der Waals surface area contributed by atoms with Crippen molar-refractivity contribution in [2.45, 2.75) is 12.8 Å². The highest BCUT2D eigenvalue weighted by atomic mass is 19.1. The molecule has 1 aromatic carbocycles. The van der Waals surface area contributed by atoms with Gasteiger partial charge >= 0.3 is 0 Å². The van der Waals surface area contributed by atoms with Gasteiger partial charge in [-0.1, -0.05) is 12.1 Å². The van der Waals surface area contributed by atoms with Crippen molar-refractivity contribution in [1.29, 1.82) is 0 Å². The molecule has 0 aliphatic heterocycles. The molecule has 0 heterocycles. The van der Waals surface area contributed by atoms with E-state index < -0.39 is 0 Å². The van der Waals surface area contributed by atoms with Crippen LogP contribution >= 0.6 is 0 Å². The number of nitrogens with one attached hydrogen (secondary N) is 3. The third kappa shape index (κ3) is 8.77. The van der Waals surface area contributed by atoms with Crippen molar-refractivity contribution in [1.82, 2.24) is 16.0 Å². The van der Waals surface area contributed by atoms with E-state index >= 15 is 0 Å². The van der Waals surface area contributed by atoms with Crippen LogP contribution in [0, 0.1) is 5.82 Å². The number of aliphatic imine (C=N–C) groups is 1. The van der Waals surface area contributed by atoms with Crippen LogP contribution in [0.2, 0.25) is 0 Å². The van der Waals surface area contributed by atoms with Crippen LogP contribution < -0.4 is 16.0 Å². The lowest BCUT2D eigenvalue weighted by Gasteiger charge is -2.12. The molecule has 3 N–H and O–H groups in total. The normalized spacial score (nSPS) is 11.2. The van der Waals surface area contributed by atoms with Crippen molar-refractivity contribution in [2.75, 3.05) is 40.4 Å². The van der Waals surface area contributed by atoms with E-state index in [1.54, 1.807) is 26.3 Å². The fourth-order valence-corrected chi connectivity index (χ4v) is 1.88. The number of rotatable bonds is 9. The monoisotopic (exact) mass is 324 g/mol. The van der Waals surface area contributed by atoms with Gasteiger partial charge < -0.3 is 20.7 Å². The molecular weight excluding hydrogens is 299 g/mol. The molecule has 0 saturated carbocycles. The third-order valence-electron chi connectivity index (χ3n) is 3.06. The maximum Gasteiger partial charge on any atom is 0.224 e. The Bertz CT molecular complexity index is 491. The highest BCUT2D eigenvalue weighted by molar-refractivity contribution is 5.80. The first-order valence-electron chi connectivity index (χ1n) is 7.60. The van der Waals surface area contributed by atoms with Crippen molar-refractivity contribution in [3.8, 4) is 0 Å². The molecule has 1 amide bonds. The number of carbonyl (C=O) groups excluding carboxylic acids is 1. The number of ether oxygens (including phenoxy) is 1. The van der Waals surface area contributed by atoms with Gasteiger partial charge in [0, 0.05) is 40.4 Å². The van der Waals surface area contributed by atoms with Crippen LogP contribution in [0.25, 0.3) is 0 Å². The summed E-state index contributed by atoms with van der Waals surface area (Å²) < 4.78 is 17.7. The van der Waals surface area contributed by atoms with E-state index in [1.807, 2.05) is 0 Å². The molecule has 1 aromatic rings. The van der Waals surface area contributed by atoms with Crippen LogP contribution in [-0.2, 0) is 16.0 Å². The lowest BCUT2D eigenvalue weighted by molar-refractivity contribution is -0.120. The number of benzene rings is 1. The van der Waals surface area contributed by atoms with E-state index in [2.05, 4.69) is 20.9 Å². The number of amides is 1. The van der Waals surface area contributed by atoms with Gasteiger partial charge in [0.05, 0.1) is 6.42 Å². The van der Waals surface area contributed by atoms with Crippen LogP contribution in [0.4, 0.5) is 4.39 Å². The number of nitrogens with zero attached hydrogens (tertiary/aromatic N) is 1. The zero-order chi connectivity index (χ0) is 16.9. The van der Waals surface area contributed by atoms with Crippen LogP contribution in [0.1, 0.15) is 12.0 Å². The summed E-state index contributed by atoms with van der Waals surface area (Å²) in [5.41, 5.74) is 0.785. The zero-order valence-corrected chi connectivity index (χ0v) is 13.7. The standard InChI is InChI=1S/C16H25FN4O2/c1-18-16(20-8-3-11-23-2)21-10-9-19-15(22)12-13-4-6-14(17)7-5-13/h4-7H,3,8-12H2,1-2H3,(H,19,22)(H2,18,20,21). The minimum atomic E-state index is -0.303. The molecule has 0 unspecified atom stereocenters. The van der Waals surface area contributed by atoms with E-state index in [1.165, 1.54) is 12.1 Å². The molecule has 7 heteroatoms. The van der Waals surface area contributed by atoms with Crippen molar-refractivity contribution < 1.29 is 13.9 Å². The third-order valence-corrected chi connectivity index (χ3v) is 3.06. The number of guanidine groups is 1. The Morgan fingerprint density at radius 3 is 2.43 bits per heavy atom. The number of hydrogen-bond acceptors (Lipinski definition) is 3. The minimum absolute atomic E-state index is 0.0959. The first-order valence-corrected chi connectivity index (χ1v) is 7.60. The molecule has 128 valence electrons. The van der Waals surface area contributed by atoms with Crippen LogP contribution in [0.5, 0.6) is 0 Å².